The number of nitrogens with one attached hydrogen (secondary N) is 1. The van der Waals surface area contributed by atoms with E-state index in [-0.39, 0.29) is 0 Å². The van der Waals surface area contributed by atoms with Crippen molar-refractivity contribution in [2.75, 3.05) is 51.4 Å². The number of methoxy groups -OCH3 is 1. The molecular weight excluding hydrogens is 354 g/mol. The minimum Gasteiger partial charge on any atom is -0.481 e. The number of rotatable bonds is 6. The summed E-state index contributed by atoms with van der Waals surface area (Å²) in [7, 11) is 1.70. The van der Waals surface area contributed by atoms with Crippen molar-refractivity contribution >= 4 is 5.69 Å². The van der Waals surface area contributed by atoms with Crippen LogP contribution >= 0.6 is 0 Å². The van der Waals surface area contributed by atoms with Crippen LogP contribution in [0.15, 0.2) is 24.3 Å². The average Bonchev–Trinajstić information content (AvgIpc) is 2.79. The van der Waals surface area contributed by atoms with Crippen LogP contribution in [-0.4, -0.2) is 51.5 Å². The first-order valence-corrected chi connectivity index (χ1v) is 10.8. The zero-order chi connectivity index (χ0) is 19.2. The normalized spacial score (nSPS) is 21.8. The van der Waals surface area contributed by atoms with Gasteiger partial charge in [-0.1, -0.05) is 0 Å². The molecule has 3 aliphatic rings. The molecule has 1 aromatic rings. The summed E-state index contributed by atoms with van der Waals surface area (Å²) in [6, 6.07) is 2.13. The van der Waals surface area contributed by atoms with Gasteiger partial charge in [-0.25, -0.2) is 4.98 Å². The van der Waals surface area contributed by atoms with Crippen LogP contribution in [0.5, 0.6) is 5.88 Å². The molecule has 0 aliphatic carbocycles. The number of pyridine rings is 1. The maximum atomic E-state index is 5.90. The Balaban J connectivity index is 1.38. The highest BCUT2D eigenvalue weighted by molar-refractivity contribution is 5.57. The Morgan fingerprint density at radius 1 is 1.21 bits per heavy atom. The SMILES string of the molecule is COc1cc(N2CCC(COC3=CCCCO3)CC2)c(C2CCNCC2)cn1. The second kappa shape index (κ2) is 9.50. The molecule has 6 nitrogen and oxygen atoms in total. The summed E-state index contributed by atoms with van der Waals surface area (Å²) in [5.74, 6) is 2.63. The summed E-state index contributed by atoms with van der Waals surface area (Å²) in [4.78, 5) is 7.04. The number of ether oxygens (including phenoxy) is 3. The topological polar surface area (TPSA) is 55.9 Å². The third-order valence-corrected chi connectivity index (χ3v) is 6.20. The smallest absolute Gasteiger partial charge is 0.274 e. The third kappa shape index (κ3) is 4.72. The summed E-state index contributed by atoms with van der Waals surface area (Å²) >= 11 is 0. The lowest BCUT2D eigenvalue weighted by Crippen LogP contribution is -2.36. The van der Waals surface area contributed by atoms with Gasteiger partial charge in [0, 0.05) is 31.0 Å². The van der Waals surface area contributed by atoms with Crippen molar-refractivity contribution in [1.29, 1.82) is 0 Å². The zero-order valence-electron chi connectivity index (χ0n) is 17.0. The fourth-order valence-corrected chi connectivity index (χ4v) is 4.45. The molecule has 2 saturated heterocycles. The quantitative estimate of drug-likeness (QED) is 0.807. The van der Waals surface area contributed by atoms with Crippen molar-refractivity contribution in [2.24, 2.45) is 5.92 Å². The maximum absolute atomic E-state index is 5.90. The monoisotopic (exact) mass is 387 g/mol. The molecule has 3 aliphatic heterocycles. The molecule has 0 spiro atoms. The number of piperidine rings is 2. The Morgan fingerprint density at radius 2 is 2.04 bits per heavy atom. The number of aromatic nitrogens is 1. The van der Waals surface area contributed by atoms with Crippen LogP contribution < -0.4 is 15.0 Å². The van der Waals surface area contributed by atoms with E-state index in [0.29, 0.717) is 17.7 Å². The van der Waals surface area contributed by atoms with Gasteiger partial charge in [0.25, 0.3) is 5.95 Å². The van der Waals surface area contributed by atoms with Gasteiger partial charge in [-0.15, -0.1) is 0 Å². The van der Waals surface area contributed by atoms with Crippen LogP contribution in [0.2, 0.25) is 0 Å². The molecule has 0 unspecified atom stereocenters. The van der Waals surface area contributed by atoms with Crippen molar-refractivity contribution in [3.63, 3.8) is 0 Å². The molecule has 0 saturated carbocycles. The van der Waals surface area contributed by atoms with Crippen LogP contribution in [-0.2, 0) is 9.47 Å². The molecule has 0 radical (unpaired) electrons. The van der Waals surface area contributed by atoms with E-state index in [0.717, 1.165) is 71.0 Å². The Kier molecular flexibility index (Phi) is 6.57. The largest absolute Gasteiger partial charge is 0.481 e. The van der Waals surface area contributed by atoms with Crippen LogP contribution in [0.4, 0.5) is 5.69 Å². The number of hydrogen-bond donors (Lipinski definition) is 1. The highest BCUT2D eigenvalue weighted by Crippen LogP contribution is 2.36. The Hall–Kier alpha value is -1.95. The van der Waals surface area contributed by atoms with Gasteiger partial charge in [-0.05, 0) is 75.1 Å². The Labute approximate surface area is 168 Å². The average molecular weight is 388 g/mol. The summed E-state index contributed by atoms with van der Waals surface area (Å²) in [6.45, 7) is 5.84. The van der Waals surface area contributed by atoms with E-state index in [1.165, 1.54) is 24.1 Å². The molecular formula is C22H33N3O3. The Bertz CT molecular complexity index is 665. The number of anilines is 1. The van der Waals surface area contributed by atoms with Gasteiger partial charge in [0.05, 0.1) is 20.3 Å². The molecule has 4 heterocycles. The van der Waals surface area contributed by atoms with Crippen LogP contribution in [0.1, 0.15) is 50.0 Å². The van der Waals surface area contributed by atoms with Crippen molar-refractivity contribution in [3.8, 4) is 5.88 Å². The van der Waals surface area contributed by atoms with Gasteiger partial charge < -0.3 is 24.4 Å². The third-order valence-electron chi connectivity index (χ3n) is 6.20. The van der Waals surface area contributed by atoms with Crippen molar-refractivity contribution < 1.29 is 14.2 Å². The highest BCUT2D eigenvalue weighted by Gasteiger charge is 2.26. The van der Waals surface area contributed by atoms with Gasteiger partial charge in [0.1, 0.15) is 0 Å². The molecule has 154 valence electrons. The van der Waals surface area contributed by atoms with E-state index in [1.807, 2.05) is 6.20 Å². The molecule has 2 fully saturated rings. The molecule has 28 heavy (non-hydrogen) atoms. The number of hydrogen-bond acceptors (Lipinski definition) is 6. The molecule has 0 atom stereocenters. The molecule has 0 amide bonds. The van der Waals surface area contributed by atoms with E-state index in [4.69, 9.17) is 14.2 Å². The summed E-state index contributed by atoms with van der Waals surface area (Å²) in [5.41, 5.74) is 2.70. The number of nitrogens with zero attached hydrogens (tertiary/aromatic N) is 2. The van der Waals surface area contributed by atoms with Crippen LogP contribution in [0, 0.1) is 5.92 Å². The van der Waals surface area contributed by atoms with E-state index in [9.17, 15) is 0 Å². The van der Waals surface area contributed by atoms with Gasteiger partial charge >= 0.3 is 0 Å². The molecule has 0 aromatic carbocycles. The standard InChI is InChI=1S/C22H33N3O3/c1-26-21-14-20(19(15-24-21)18-5-9-23-10-6-18)25-11-7-17(8-12-25)16-28-22-4-2-3-13-27-22/h4,14-15,17-18,23H,2-3,5-13,16H2,1H3. The first-order chi connectivity index (χ1) is 13.8. The lowest BCUT2D eigenvalue weighted by molar-refractivity contribution is 0.00815. The van der Waals surface area contributed by atoms with Crippen molar-refractivity contribution in [2.45, 2.75) is 44.4 Å². The fraction of sp³-hybridized carbons (Fsp3) is 0.682. The maximum Gasteiger partial charge on any atom is 0.274 e. The first-order valence-electron chi connectivity index (χ1n) is 10.8. The fourth-order valence-electron chi connectivity index (χ4n) is 4.45. The summed E-state index contributed by atoms with van der Waals surface area (Å²) in [5, 5.41) is 3.47. The summed E-state index contributed by atoms with van der Waals surface area (Å²) < 4.78 is 16.9. The van der Waals surface area contributed by atoms with Gasteiger partial charge in [0.2, 0.25) is 5.88 Å². The molecule has 0 bridgehead atoms. The van der Waals surface area contributed by atoms with Crippen LogP contribution in [0.3, 0.4) is 0 Å². The minimum absolute atomic E-state index is 0.589. The predicted molar refractivity (Wildman–Crippen MR) is 110 cm³/mol. The number of allylic oxidation sites excluding steroid dienone is 1. The summed E-state index contributed by atoms with van der Waals surface area (Å²) in [6.07, 6.45) is 10.9. The minimum atomic E-state index is 0.589. The molecule has 1 aromatic heterocycles. The van der Waals surface area contributed by atoms with Crippen molar-refractivity contribution in [3.05, 3.63) is 29.8 Å². The first kappa shape index (κ1) is 19.4. The van der Waals surface area contributed by atoms with E-state index in [1.54, 1.807) is 7.11 Å². The highest BCUT2D eigenvalue weighted by atomic mass is 16.7. The van der Waals surface area contributed by atoms with Gasteiger partial charge in [0.15, 0.2) is 0 Å². The van der Waals surface area contributed by atoms with E-state index >= 15 is 0 Å². The van der Waals surface area contributed by atoms with Crippen molar-refractivity contribution in [1.82, 2.24) is 10.3 Å². The Morgan fingerprint density at radius 3 is 2.75 bits per heavy atom. The second-order valence-corrected chi connectivity index (χ2v) is 8.07. The zero-order valence-corrected chi connectivity index (χ0v) is 17.0. The molecule has 1 N–H and O–H groups in total. The van der Waals surface area contributed by atoms with E-state index < -0.39 is 0 Å². The lowest BCUT2D eigenvalue weighted by atomic mass is 9.89. The van der Waals surface area contributed by atoms with E-state index in [2.05, 4.69) is 27.3 Å². The predicted octanol–water partition coefficient (Wildman–Crippen LogP) is 3.44. The molecule has 4 rings (SSSR count). The van der Waals surface area contributed by atoms with Crippen LogP contribution in [0.25, 0.3) is 0 Å². The molecule has 6 heteroatoms. The lowest BCUT2D eigenvalue weighted by Gasteiger charge is -2.36. The van der Waals surface area contributed by atoms with Gasteiger partial charge in [-0.3, -0.25) is 0 Å². The van der Waals surface area contributed by atoms with Gasteiger partial charge in [-0.2, -0.15) is 0 Å². The second-order valence-electron chi connectivity index (χ2n) is 8.07.